The average molecular weight is 268 g/mol. The summed E-state index contributed by atoms with van der Waals surface area (Å²) in [4.78, 5) is 10.6. The van der Waals surface area contributed by atoms with Crippen LogP contribution in [-0.2, 0) is 11.3 Å². The lowest BCUT2D eigenvalue weighted by molar-refractivity contribution is -0.386. The monoisotopic (exact) mass is 268 g/mol. The normalized spacial score (nSPS) is 10.7. The molecule has 0 heterocycles. The molecule has 106 valence electrons. The Morgan fingerprint density at radius 1 is 1.42 bits per heavy atom. The number of benzene rings is 1. The van der Waals surface area contributed by atoms with Crippen LogP contribution >= 0.6 is 0 Å². The van der Waals surface area contributed by atoms with Crippen LogP contribution in [0.25, 0.3) is 0 Å². The molecule has 0 bridgehead atoms. The summed E-state index contributed by atoms with van der Waals surface area (Å²) in [6, 6.07) is 5.27. The van der Waals surface area contributed by atoms with E-state index in [2.05, 4.69) is 5.32 Å². The van der Waals surface area contributed by atoms with Gasteiger partial charge in [-0.25, -0.2) is 0 Å². The molecule has 0 aliphatic rings. The number of hydrogen-bond donors (Lipinski definition) is 1. The van der Waals surface area contributed by atoms with Gasteiger partial charge in [-0.1, -0.05) is 19.9 Å². The Morgan fingerprint density at radius 2 is 2.16 bits per heavy atom. The maximum atomic E-state index is 11.0. The second-order valence-corrected chi connectivity index (χ2v) is 4.35. The van der Waals surface area contributed by atoms with Crippen LogP contribution in [0.15, 0.2) is 18.2 Å². The van der Waals surface area contributed by atoms with Crippen LogP contribution in [0.2, 0.25) is 0 Å². The van der Waals surface area contributed by atoms with Gasteiger partial charge in [-0.3, -0.25) is 10.1 Å². The Labute approximate surface area is 112 Å². The minimum absolute atomic E-state index is 0.0148. The van der Waals surface area contributed by atoms with Crippen LogP contribution in [-0.4, -0.2) is 24.4 Å². The van der Waals surface area contributed by atoms with Crippen LogP contribution in [0.1, 0.15) is 26.3 Å². The number of nitrogens with one attached hydrogen (secondary N) is 1. The van der Waals surface area contributed by atoms with E-state index in [9.17, 15) is 10.1 Å². The SMILES string of the molecule is CCOCOc1ccc(CNC(C)C)cc1[N+](=O)[O-]. The van der Waals surface area contributed by atoms with Crippen molar-refractivity contribution < 1.29 is 14.4 Å². The second kappa shape index (κ2) is 7.70. The molecule has 0 atom stereocenters. The molecule has 0 radical (unpaired) electrons. The summed E-state index contributed by atoms with van der Waals surface area (Å²) in [5.41, 5.74) is 0.812. The Bertz CT molecular complexity index is 421. The molecular weight excluding hydrogens is 248 g/mol. The van der Waals surface area contributed by atoms with Crippen molar-refractivity contribution in [3.8, 4) is 5.75 Å². The molecule has 6 heteroatoms. The highest BCUT2D eigenvalue weighted by Crippen LogP contribution is 2.28. The largest absolute Gasteiger partial charge is 0.460 e. The fourth-order valence-corrected chi connectivity index (χ4v) is 1.45. The fourth-order valence-electron chi connectivity index (χ4n) is 1.45. The molecule has 0 unspecified atom stereocenters. The molecule has 0 saturated carbocycles. The number of hydrogen-bond acceptors (Lipinski definition) is 5. The molecular formula is C13H20N2O4. The van der Waals surface area contributed by atoms with Gasteiger partial charge < -0.3 is 14.8 Å². The zero-order valence-corrected chi connectivity index (χ0v) is 11.5. The Morgan fingerprint density at radius 3 is 2.74 bits per heavy atom. The molecule has 1 rings (SSSR count). The lowest BCUT2D eigenvalue weighted by Gasteiger charge is -2.10. The number of nitro benzene ring substituents is 1. The quantitative estimate of drug-likeness (QED) is 0.339. The smallest absolute Gasteiger partial charge is 0.311 e. The molecule has 6 nitrogen and oxygen atoms in total. The minimum Gasteiger partial charge on any atom is -0.460 e. The van der Waals surface area contributed by atoms with Crippen molar-refractivity contribution in [2.75, 3.05) is 13.4 Å². The molecule has 19 heavy (non-hydrogen) atoms. The van der Waals surface area contributed by atoms with Gasteiger partial charge in [0, 0.05) is 25.3 Å². The van der Waals surface area contributed by atoms with Crippen LogP contribution in [0.5, 0.6) is 5.75 Å². The maximum absolute atomic E-state index is 11.0. The summed E-state index contributed by atoms with van der Waals surface area (Å²) in [5.74, 6) is 0.228. The Balaban J connectivity index is 2.79. The molecule has 0 fully saturated rings. The first-order valence-corrected chi connectivity index (χ1v) is 6.25. The van der Waals surface area contributed by atoms with Gasteiger partial charge in [-0.2, -0.15) is 0 Å². The van der Waals surface area contributed by atoms with Crippen molar-refractivity contribution in [2.45, 2.75) is 33.4 Å². The van der Waals surface area contributed by atoms with E-state index >= 15 is 0 Å². The van der Waals surface area contributed by atoms with Crippen molar-refractivity contribution in [3.63, 3.8) is 0 Å². The van der Waals surface area contributed by atoms with Gasteiger partial charge in [0.15, 0.2) is 12.5 Å². The summed E-state index contributed by atoms with van der Waals surface area (Å²) in [5, 5.41) is 14.2. The van der Waals surface area contributed by atoms with Gasteiger partial charge in [0.2, 0.25) is 0 Å². The van der Waals surface area contributed by atoms with E-state index < -0.39 is 4.92 Å². The number of rotatable bonds is 8. The number of ether oxygens (including phenoxy) is 2. The van der Waals surface area contributed by atoms with Gasteiger partial charge in [0.25, 0.3) is 0 Å². The van der Waals surface area contributed by atoms with Gasteiger partial charge in [-0.05, 0) is 18.6 Å². The first kappa shape index (κ1) is 15.4. The number of nitro groups is 1. The third-order valence-corrected chi connectivity index (χ3v) is 2.44. The first-order chi connectivity index (χ1) is 9.04. The van der Waals surface area contributed by atoms with Crippen LogP contribution in [0, 0.1) is 10.1 Å². The lowest BCUT2D eigenvalue weighted by Crippen LogP contribution is -2.21. The highest BCUT2D eigenvalue weighted by Gasteiger charge is 2.16. The lowest BCUT2D eigenvalue weighted by atomic mass is 10.2. The van der Waals surface area contributed by atoms with Gasteiger partial charge >= 0.3 is 5.69 Å². The standard InChI is InChI=1S/C13H20N2O4/c1-4-18-9-19-13-6-5-11(8-14-10(2)3)7-12(13)15(16)17/h5-7,10,14H,4,8-9H2,1-3H3. The molecule has 1 aromatic carbocycles. The summed E-state index contributed by atoms with van der Waals surface area (Å²) in [6.45, 7) is 6.98. The predicted octanol–water partition coefficient (Wildman–Crippen LogP) is 2.47. The molecule has 0 saturated heterocycles. The summed E-state index contributed by atoms with van der Waals surface area (Å²) in [7, 11) is 0. The van der Waals surface area contributed by atoms with Crippen LogP contribution in [0.4, 0.5) is 5.69 Å². The zero-order valence-electron chi connectivity index (χ0n) is 11.5. The zero-order chi connectivity index (χ0) is 14.3. The van der Waals surface area contributed by atoms with E-state index in [0.717, 1.165) is 5.56 Å². The van der Waals surface area contributed by atoms with E-state index in [-0.39, 0.29) is 18.2 Å². The van der Waals surface area contributed by atoms with Crippen LogP contribution < -0.4 is 10.1 Å². The van der Waals surface area contributed by atoms with Gasteiger partial charge in [-0.15, -0.1) is 0 Å². The second-order valence-electron chi connectivity index (χ2n) is 4.35. The van der Waals surface area contributed by atoms with E-state index in [0.29, 0.717) is 19.2 Å². The highest BCUT2D eigenvalue weighted by atomic mass is 16.7. The van der Waals surface area contributed by atoms with Crippen LogP contribution in [0.3, 0.4) is 0 Å². The number of nitrogens with zero attached hydrogens (tertiary/aromatic N) is 1. The highest BCUT2D eigenvalue weighted by molar-refractivity contribution is 5.48. The minimum atomic E-state index is -0.444. The summed E-state index contributed by atoms with van der Waals surface area (Å²) >= 11 is 0. The molecule has 1 N–H and O–H groups in total. The van der Waals surface area contributed by atoms with Crippen molar-refractivity contribution in [3.05, 3.63) is 33.9 Å². The molecule has 0 aliphatic carbocycles. The third kappa shape index (κ3) is 5.23. The average Bonchev–Trinajstić information content (AvgIpc) is 2.37. The van der Waals surface area contributed by atoms with Gasteiger partial charge in [0.1, 0.15) is 0 Å². The summed E-state index contributed by atoms with van der Waals surface area (Å²) in [6.07, 6.45) is 0. The van der Waals surface area contributed by atoms with Crippen molar-refractivity contribution in [2.24, 2.45) is 0 Å². The van der Waals surface area contributed by atoms with Crippen molar-refractivity contribution in [1.29, 1.82) is 0 Å². The van der Waals surface area contributed by atoms with Gasteiger partial charge in [0.05, 0.1) is 4.92 Å². The first-order valence-electron chi connectivity index (χ1n) is 6.25. The van der Waals surface area contributed by atoms with E-state index in [1.807, 2.05) is 26.8 Å². The molecule has 0 amide bonds. The topological polar surface area (TPSA) is 73.6 Å². The Hall–Kier alpha value is -1.66. The van der Waals surface area contributed by atoms with E-state index in [4.69, 9.17) is 9.47 Å². The van der Waals surface area contributed by atoms with Crippen molar-refractivity contribution in [1.82, 2.24) is 5.32 Å². The maximum Gasteiger partial charge on any atom is 0.311 e. The van der Waals surface area contributed by atoms with Crippen molar-refractivity contribution >= 4 is 5.69 Å². The third-order valence-electron chi connectivity index (χ3n) is 2.44. The summed E-state index contributed by atoms with van der Waals surface area (Å²) < 4.78 is 10.3. The van der Waals surface area contributed by atoms with E-state index in [1.165, 1.54) is 6.07 Å². The molecule has 0 spiro atoms. The van der Waals surface area contributed by atoms with E-state index in [1.54, 1.807) is 6.07 Å². The Kier molecular flexibility index (Phi) is 6.24. The molecule has 1 aromatic rings. The molecule has 0 aromatic heterocycles. The predicted molar refractivity (Wildman–Crippen MR) is 72.2 cm³/mol. The molecule has 0 aliphatic heterocycles. The fraction of sp³-hybridized carbons (Fsp3) is 0.538.